The molecular formula is C22H17IN2O4. The van der Waals surface area contributed by atoms with E-state index < -0.39 is 18.0 Å². The van der Waals surface area contributed by atoms with E-state index in [4.69, 9.17) is 4.74 Å². The van der Waals surface area contributed by atoms with Gasteiger partial charge in [-0.25, -0.2) is 10.2 Å². The number of hydrogen-bond donors (Lipinski definition) is 2. The Bertz CT molecular complexity index is 1020. The number of carbonyl (C=O) groups is 2. The first-order valence-electron chi connectivity index (χ1n) is 8.67. The molecule has 0 radical (unpaired) electrons. The lowest BCUT2D eigenvalue weighted by molar-refractivity contribution is -0.129. The Kier molecular flexibility index (Phi) is 7.09. The smallest absolute Gasteiger partial charge is 0.344 e. The lowest BCUT2D eigenvalue weighted by Gasteiger charge is -2.08. The van der Waals surface area contributed by atoms with Gasteiger partial charge in [-0.2, -0.15) is 5.10 Å². The highest BCUT2D eigenvalue weighted by Crippen LogP contribution is 2.17. The van der Waals surface area contributed by atoms with Crippen LogP contribution in [0.5, 0.6) is 5.75 Å². The largest absolute Gasteiger partial charge is 0.423 e. The molecule has 0 heterocycles. The Morgan fingerprint density at radius 1 is 0.966 bits per heavy atom. The highest BCUT2D eigenvalue weighted by molar-refractivity contribution is 14.1. The topological polar surface area (TPSA) is 88.0 Å². The average molecular weight is 500 g/mol. The van der Waals surface area contributed by atoms with E-state index >= 15 is 0 Å². The average Bonchev–Trinajstić information content (AvgIpc) is 2.75. The van der Waals surface area contributed by atoms with Crippen molar-refractivity contribution in [1.82, 2.24) is 5.43 Å². The fraction of sp³-hybridized carbons (Fsp3) is 0.0455. The van der Waals surface area contributed by atoms with Gasteiger partial charge in [-0.1, -0.05) is 42.5 Å². The molecule has 146 valence electrons. The fourth-order valence-electron chi connectivity index (χ4n) is 2.43. The standard InChI is InChI=1S/C22H17IN2O4/c23-19-9-5-4-8-18(19)22(28)29-17-12-10-15(11-13-17)14-24-25-21(27)20(26)16-6-2-1-3-7-16/h1-14,20,26H,(H,25,27)/b24-14-/t20-/m0/s1. The van der Waals surface area contributed by atoms with Crippen LogP contribution in [0.15, 0.2) is 84.0 Å². The lowest BCUT2D eigenvalue weighted by Crippen LogP contribution is -2.25. The molecule has 29 heavy (non-hydrogen) atoms. The monoisotopic (exact) mass is 500 g/mol. The molecule has 0 saturated carbocycles. The van der Waals surface area contributed by atoms with E-state index in [0.717, 1.165) is 3.57 Å². The zero-order valence-corrected chi connectivity index (χ0v) is 17.3. The van der Waals surface area contributed by atoms with Gasteiger partial charge in [0, 0.05) is 3.57 Å². The van der Waals surface area contributed by atoms with Gasteiger partial charge < -0.3 is 9.84 Å². The van der Waals surface area contributed by atoms with Crippen LogP contribution in [-0.4, -0.2) is 23.2 Å². The first-order chi connectivity index (χ1) is 14.0. The van der Waals surface area contributed by atoms with E-state index in [9.17, 15) is 14.7 Å². The third-order valence-corrected chi connectivity index (χ3v) is 4.88. The lowest BCUT2D eigenvalue weighted by atomic mass is 10.1. The van der Waals surface area contributed by atoms with Gasteiger partial charge in [-0.3, -0.25) is 4.79 Å². The first-order valence-corrected chi connectivity index (χ1v) is 9.75. The third kappa shape index (κ3) is 5.72. The van der Waals surface area contributed by atoms with Crippen molar-refractivity contribution in [3.05, 3.63) is 99.1 Å². The molecule has 0 unspecified atom stereocenters. The number of hydrazone groups is 1. The van der Waals surface area contributed by atoms with E-state index in [1.165, 1.54) is 6.21 Å². The Balaban J connectivity index is 1.55. The maximum Gasteiger partial charge on any atom is 0.344 e. The fourth-order valence-corrected chi connectivity index (χ4v) is 3.04. The Labute approximate surface area is 181 Å². The molecule has 0 spiro atoms. The number of nitrogens with one attached hydrogen (secondary N) is 1. The van der Waals surface area contributed by atoms with Crippen LogP contribution in [0.2, 0.25) is 0 Å². The summed E-state index contributed by atoms with van der Waals surface area (Å²) in [4.78, 5) is 24.2. The Morgan fingerprint density at radius 3 is 2.31 bits per heavy atom. The number of halogens is 1. The molecule has 3 aromatic rings. The van der Waals surface area contributed by atoms with Crippen LogP contribution in [0.4, 0.5) is 0 Å². The van der Waals surface area contributed by atoms with Crippen LogP contribution in [0.3, 0.4) is 0 Å². The van der Waals surface area contributed by atoms with Crippen molar-refractivity contribution in [3.8, 4) is 5.75 Å². The molecule has 1 amide bonds. The molecule has 7 heteroatoms. The third-order valence-electron chi connectivity index (χ3n) is 3.94. The molecule has 0 saturated heterocycles. The molecule has 0 fully saturated rings. The Hall–Kier alpha value is -3.04. The minimum atomic E-state index is -1.30. The summed E-state index contributed by atoms with van der Waals surface area (Å²) >= 11 is 2.08. The van der Waals surface area contributed by atoms with Crippen molar-refractivity contribution >= 4 is 40.7 Å². The highest BCUT2D eigenvalue weighted by Gasteiger charge is 2.16. The van der Waals surface area contributed by atoms with Crippen LogP contribution in [0.1, 0.15) is 27.6 Å². The molecule has 0 bridgehead atoms. The summed E-state index contributed by atoms with van der Waals surface area (Å²) < 4.78 is 6.18. The highest BCUT2D eigenvalue weighted by atomic mass is 127. The molecule has 0 aliphatic heterocycles. The molecule has 1 atom stereocenters. The van der Waals surface area contributed by atoms with Crippen LogP contribution in [0, 0.1) is 3.57 Å². The summed E-state index contributed by atoms with van der Waals surface area (Å²) in [6.45, 7) is 0. The zero-order chi connectivity index (χ0) is 20.6. The van der Waals surface area contributed by atoms with Crippen molar-refractivity contribution in [2.75, 3.05) is 0 Å². The number of aliphatic hydroxyl groups excluding tert-OH is 1. The van der Waals surface area contributed by atoms with Crippen molar-refractivity contribution in [2.45, 2.75) is 6.10 Å². The number of esters is 1. The normalized spacial score (nSPS) is 11.8. The van der Waals surface area contributed by atoms with E-state index in [2.05, 4.69) is 33.1 Å². The van der Waals surface area contributed by atoms with Gasteiger partial charge in [-0.15, -0.1) is 0 Å². The number of aliphatic hydroxyl groups is 1. The van der Waals surface area contributed by atoms with E-state index in [0.29, 0.717) is 22.4 Å². The number of ether oxygens (including phenoxy) is 1. The summed E-state index contributed by atoms with van der Waals surface area (Å²) in [6, 6.07) is 22.4. The van der Waals surface area contributed by atoms with Crippen LogP contribution in [-0.2, 0) is 4.79 Å². The van der Waals surface area contributed by atoms with Gasteiger partial charge in [-0.05, 0) is 70.1 Å². The second-order valence-electron chi connectivity index (χ2n) is 5.99. The van der Waals surface area contributed by atoms with Gasteiger partial charge in [0.2, 0.25) is 0 Å². The second kappa shape index (κ2) is 9.94. The van der Waals surface area contributed by atoms with Gasteiger partial charge in [0.1, 0.15) is 5.75 Å². The molecular weight excluding hydrogens is 483 g/mol. The molecule has 0 aliphatic carbocycles. The molecule has 3 rings (SSSR count). The molecule has 0 aromatic heterocycles. The van der Waals surface area contributed by atoms with Crippen molar-refractivity contribution in [2.24, 2.45) is 5.10 Å². The van der Waals surface area contributed by atoms with Crippen LogP contribution >= 0.6 is 22.6 Å². The molecule has 2 N–H and O–H groups in total. The summed E-state index contributed by atoms with van der Waals surface area (Å²) in [5, 5.41) is 13.8. The van der Waals surface area contributed by atoms with Crippen LogP contribution < -0.4 is 10.2 Å². The van der Waals surface area contributed by atoms with Gasteiger partial charge >= 0.3 is 5.97 Å². The Morgan fingerprint density at radius 2 is 1.62 bits per heavy atom. The van der Waals surface area contributed by atoms with E-state index in [1.54, 1.807) is 66.7 Å². The SMILES string of the molecule is O=C(Oc1ccc(/C=N\NC(=O)[C@@H](O)c2ccccc2)cc1)c1ccccc1I. The summed E-state index contributed by atoms with van der Waals surface area (Å²) in [5.41, 5.74) is 3.97. The summed E-state index contributed by atoms with van der Waals surface area (Å²) in [6.07, 6.45) is 0.136. The van der Waals surface area contributed by atoms with Gasteiger partial charge in [0.05, 0.1) is 11.8 Å². The van der Waals surface area contributed by atoms with Crippen molar-refractivity contribution in [3.63, 3.8) is 0 Å². The number of benzene rings is 3. The van der Waals surface area contributed by atoms with E-state index in [-0.39, 0.29) is 0 Å². The predicted molar refractivity (Wildman–Crippen MR) is 118 cm³/mol. The molecule has 6 nitrogen and oxygen atoms in total. The van der Waals surface area contributed by atoms with E-state index in [1.807, 2.05) is 12.1 Å². The minimum absolute atomic E-state index is 0.398. The number of nitrogens with zero attached hydrogens (tertiary/aromatic N) is 1. The number of hydrogen-bond acceptors (Lipinski definition) is 5. The van der Waals surface area contributed by atoms with Crippen molar-refractivity contribution in [1.29, 1.82) is 0 Å². The minimum Gasteiger partial charge on any atom is -0.423 e. The number of amides is 1. The molecule has 3 aromatic carbocycles. The molecule has 0 aliphatic rings. The van der Waals surface area contributed by atoms with Gasteiger partial charge in [0.15, 0.2) is 6.10 Å². The summed E-state index contributed by atoms with van der Waals surface area (Å²) in [5.74, 6) is -0.663. The maximum atomic E-state index is 12.2. The predicted octanol–water partition coefficient (Wildman–Crippen LogP) is 3.69. The van der Waals surface area contributed by atoms with Gasteiger partial charge in [0.25, 0.3) is 5.91 Å². The number of rotatable bonds is 6. The maximum absolute atomic E-state index is 12.2. The number of carbonyl (C=O) groups excluding carboxylic acids is 2. The second-order valence-corrected chi connectivity index (χ2v) is 7.15. The van der Waals surface area contributed by atoms with Crippen molar-refractivity contribution < 1.29 is 19.4 Å². The first kappa shape index (κ1) is 20.7. The van der Waals surface area contributed by atoms with Crippen LogP contribution in [0.25, 0.3) is 0 Å². The summed E-state index contributed by atoms with van der Waals surface area (Å²) in [7, 11) is 0. The quantitative estimate of drug-likeness (QED) is 0.178. The zero-order valence-electron chi connectivity index (χ0n) is 15.2.